The zero-order valence-corrected chi connectivity index (χ0v) is 19.8. The van der Waals surface area contributed by atoms with Gasteiger partial charge in [-0.05, 0) is 0 Å². The van der Waals surface area contributed by atoms with Gasteiger partial charge in [0.1, 0.15) is 0 Å². The minimum Gasteiger partial charge on any atom is -0.481 e. The van der Waals surface area contributed by atoms with Crippen molar-refractivity contribution in [1.29, 1.82) is 0 Å². The Morgan fingerprint density at radius 2 is 1.43 bits per heavy atom. The quantitative estimate of drug-likeness (QED) is 0.389. The van der Waals surface area contributed by atoms with Crippen LogP contribution in [0.5, 0.6) is 0 Å². The number of rotatable bonds is 4. The molecule has 144 valence electrons. The third-order valence-corrected chi connectivity index (χ3v) is 1.78. The van der Waals surface area contributed by atoms with E-state index in [1.807, 2.05) is 13.8 Å². The van der Waals surface area contributed by atoms with Crippen LogP contribution in [0.25, 0.3) is 0 Å². The number of aliphatic carboxylic acids is 1. The van der Waals surface area contributed by atoms with Crippen molar-refractivity contribution in [3.63, 3.8) is 0 Å². The van der Waals surface area contributed by atoms with Crippen LogP contribution >= 0.6 is 12.4 Å². The van der Waals surface area contributed by atoms with E-state index in [1.54, 1.807) is 35.1 Å². The SMILES string of the molecule is C.CC(C)C(=O)O.CNOC.CON(C)C(=O)C(C)C.Cl.[3H][CH2-].[U]. The van der Waals surface area contributed by atoms with E-state index in [1.165, 1.54) is 12.2 Å². The second-order valence-electron chi connectivity index (χ2n) is 4.07. The summed E-state index contributed by atoms with van der Waals surface area (Å²) in [5.41, 5.74) is 2.43. The van der Waals surface area contributed by atoms with E-state index in [0.29, 0.717) is 0 Å². The van der Waals surface area contributed by atoms with Gasteiger partial charge in [0.05, 0.1) is 20.1 Å². The summed E-state index contributed by atoms with van der Waals surface area (Å²) in [6, 6.07) is 0. The molecule has 0 unspecified atom stereocenters. The molecule has 23 heavy (non-hydrogen) atoms. The Morgan fingerprint density at radius 1 is 1.17 bits per heavy atom. The first-order valence-corrected chi connectivity index (χ1v) is 5.89. The van der Waals surface area contributed by atoms with Crippen molar-refractivity contribution in [2.24, 2.45) is 11.8 Å². The summed E-state index contributed by atoms with van der Waals surface area (Å²) < 4.78 is 5.50. The average molecular weight is 588 g/mol. The van der Waals surface area contributed by atoms with E-state index >= 15 is 0 Å². The number of carboxylic acid groups (broad SMARTS) is 1. The van der Waals surface area contributed by atoms with Gasteiger partial charge in [-0.2, -0.15) is 0 Å². The number of nitrogens with one attached hydrogen (secondary N) is 1. The largest absolute Gasteiger partial charge is 0.481 e. The van der Waals surface area contributed by atoms with E-state index in [0.717, 1.165) is 0 Å². The van der Waals surface area contributed by atoms with Crippen molar-refractivity contribution in [3.8, 4) is 0 Å². The fourth-order valence-electron chi connectivity index (χ4n) is 0.454. The molecule has 0 rings (SSSR count). The number of halogens is 1. The maximum Gasteiger partial charge on any atom is 0.305 e. The summed E-state index contributed by atoms with van der Waals surface area (Å²) in [5.74, 6) is -0.965. The number of carboxylic acids is 1. The number of hydrogen-bond acceptors (Lipinski definition) is 5. The van der Waals surface area contributed by atoms with Gasteiger partial charge in [0.2, 0.25) is 5.91 Å². The summed E-state index contributed by atoms with van der Waals surface area (Å²) >= 11 is 0. The molecule has 0 heterocycles. The smallest absolute Gasteiger partial charge is 0.305 e. The van der Waals surface area contributed by atoms with Crippen LogP contribution in [0, 0.1) is 50.4 Å². The van der Waals surface area contributed by atoms with Gasteiger partial charge in [0.15, 0.2) is 0 Å². The topological polar surface area (TPSA) is 88.1 Å². The Bertz CT molecular complexity index is 249. The maximum atomic E-state index is 10.9. The molecule has 0 atom stereocenters. The van der Waals surface area contributed by atoms with Crippen molar-refractivity contribution in [2.45, 2.75) is 35.1 Å². The normalized spacial score (nSPS) is 7.87. The summed E-state index contributed by atoms with van der Waals surface area (Å²) in [7, 11) is 8.85. The molecule has 0 radical (unpaired) electrons. The van der Waals surface area contributed by atoms with Crippen molar-refractivity contribution < 1.29 is 56.9 Å². The van der Waals surface area contributed by atoms with E-state index in [2.05, 4.69) is 22.6 Å². The summed E-state index contributed by atoms with van der Waals surface area (Å²) in [5, 5.41) is 9.22. The zero-order chi connectivity index (χ0) is 18.0. The van der Waals surface area contributed by atoms with Gasteiger partial charge < -0.3 is 17.3 Å². The molecular weight excluding hydrogens is 550 g/mol. The van der Waals surface area contributed by atoms with Crippen molar-refractivity contribution in [1.82, 2.24) is 10.5 Å². The van der Waals surface area contributed by atoms with E-state index in [-0.39, 0.29) is 68.7 Å². The van der Waals surface area contributed by atoms with Crippen LogP contribution in [0.3, 0.4) is 0 Å². The van der Waals surface area contributed by atoms with Gasteiger partial charge in [0.25, 0.3) is 0 Å². The molecule has 0 aromatic heterocycles. The van der Waals surface area contributed by atoms with Crippen LogP contribution in [0.15, 0.2) is 0 Å². The summed E-state index contributed by atoms with van der Waals surface area (Å²) in [4.78, 5) is 29.5. The molecule has 9 heteroatoms. The van der Waals surface area contributed by atoms with Crippen molar-refractivity contribution in [2.75, 3.05) is 28.3 Å². The van der Waals surface area contributed by atoms with Crippen LogP contribution in [0.1, 0.15) is 36.5 Å². The van der Waals surface area contributed by atoms with Crippen molar-refractivity contribution >= 4 is 24.3 Å². The Morgan fingerprint density at radius 3 is 1.48 bits per heavy atom. The third kappa shape index (κ3) is 39.2. The fraction of sp³-hybridized carbons (Fsp3) is 0.786. The molecule has 0 saturated heterocycles. The molecule has 0 aliphatic rings. The second kappa shape index (κ2) is 30.1. The maximum absolute atomic E-state index is 10.9. The van der Waals surface area contributed by atoms with E-state index in [4.69, 9.17) is 6.48 Å². The summed E-state index contributed by atoms with van der Waals surface area (Å²) in [6.07, 6.45) is 0. The number of amides is 1. The predicted molar refractivity (Wildman–Crippen MR) is 93.6 cm³/mol. The number of hydroxylamine groups is 3. The Labute approximate surface area is 174 Å². The summed E-state index contributed by atoms with van der Waals surface area (Å²) in [6.45, 7) is 6.94. The van der Waals surface area contributed by atoms with Crippen molar-refractivity contribution in [3.05, 3.63) is 7.40 Å². The minimum absolute atomic E-state index is 0. The molecule has 0 fully saturated rings. The van der Waals surface area contributed by atoms with Crippen LogP contribution in [0.4, 0.5) is 0 Å². The minimum atomic E-state index is -0.741. The van der Waals surface area contributed by atoms with Gasteiger partial charge in [-0.25, -0.2) is 11.9 Å². The molecule has 7 nitrogen and oxygen atoms in total. The van der Waals surface area contributed by atoms with Gasteiger partial charge in [0, 0.05) is 51.1 Å². The van der Waals surface area contributed by atoms with Gasteiger partial charge >= 0.3 is 5.97 Å². The van der Waals surface area contributed by atoms with Crippen LogP contribution in [0.2, 0.25) is 0 Å². The number of nitrogens with zero attached hydrogens (tertiary/aromatic N) is 1. The van der Waals surface area contributed by atoms with Crippen LogP contribution in [-0.2, 0) is 19.3 Å². The average Bonchev–Trinajstić information content (AvgIpc) is 2.48. The van der Waals surface area contributed by atoms with Gasteiger partial charge in [-0.15, -0.1) is 12.4 Å². The molecule has 0 aromatic rings. The number of carbonyl (C=O) groups is 2. The number of carbonyl (C=O) groups excluding carboxylic acids is 1. The fourth-order valence-corrected chi connectivity index (χ4v) is 0.454. The van der Waals surface area contributed by atoms with Gasteiger partial charge in [-0.1, -0.05) is 35.1 Å². The molecule has 0 aliphatic carbocycles. The Balaban J connectivity index is -0.0000000342. The molecular formula is C14H36ClN2O5U-. The third-order valence-electron chi connectivity index (χ3n) is 1.78. The van der Waals surface area contributed by atoms with E-state index in [9.17, 15) is 9.59 Å². The molecule has 0 aliphatic heterocycles. The van der Waals surface area contributed by atoms with Gasteiger partial charge in [-0.3, -0.25) is 14.4 Å². The predicted octanol–water partition coefficient (Wildman–Crippen LogP) is 2.66. The molecule has 2 N–H and O–H groups in total. The van der Waals surface area contributed by atoms with Crippen LogP contribution in [-0.4, -0.2) is 50.4 Å². The molecule has 0 bridgehead atoms. The first kappa shape index (κ1) is 38.6. The number of hydrogen-bond donors (Lipinski definition) is 2. The molecule has 0 aromatic carbocycles. The first-order valence-electron chi connectivity index (χ1n) is 6.60. The standard InChI is InChI=1S/C6H13NO2.C4H8O2.C2H7NO.CH4.CH3.ClH.U/c1-5(2)6(8)7(3)9-4;1-3(2)4(5)6;1-3-4-2;;;;/h5H,1-4H3;3H,1-2H3,(H,5,6);3H,1-2H3;1H4;1H3;1H;/q;;;;-1;;/i;;;;1T;;. The molecule has 1 amide bonds. The van der Waals surface area contributed by atoms with E-state index < -0.39 is 5.97 Å². The zero-order valence-electron chi connectivity index (χ0n) is 15.8. The Kier molecular flexibility index (Phi) is 50.5. The van der Waals surface area contributed by atoms with Crippen LogP contribution < -0.4 is 5.48 Å². The Hall–Kier alpha value is 0.162. The second-order valence-corrected chi connectivity index (χ2v) is 4.07. The first-order chi connectivity index (χ1) is 9.65. The monoisotopic (exact) mass is 587 g/mol. The molecule has 0 saturated carbocycles. The molecule has 0 spiro atoms.